The minimum Gasteiger partial charge on any atom is -0.493 e. The standard InChI is InChI=1S/C34H24N4O4/c1-5-39-33-19-24-20-34(40-6-2)30(32-16-14-28(42-32)12-8-10-26(22-36)38-4)18-23(24)17-29(33)31-15-13-27(41-31)11-7-9-25(21-35)37-3/h7-20H,5-6H2,1-2H3/b11-7+,12-8+,25-9-,26-10+. The van der Waals surface area contributed by atoms with Crippen molar-refractivity contribution in [1.29, 1.82) is 10.5 Å². The highest BCUT2D eigenvalue weighted by atomic mass is 16.5. The first-order valence-corrected chi connectivity index (χ1v) is 12.9. The molecule has 0 saturated heterocycles. The van der Waals surface area contributed by atoms with Crippen molar-refractivity contribution in [3.8, 4) is 46.3 Å². The Morgan fingerprint density at radius 2 is 1.17 bits per heavy atom. The molecule has 0 N–H and O–H groups in total. The van der Waals surface area contributed by atoms with Crippen molar-refractivity contribution < 1.29 is 18.3 Å². The first kappa shape index (κ1) is 28.8. The molecule has 42 heavy (non-hydrogen) atoms. The second-order valence-electron chi connectivity index (χ2n) is 8.58. The van der Waals surface area contributed by atoms with E-state index in [-0.39, 0.29) is 11.4 Å². The fourth-order valence-corrected chi connectivity index (χ4v) is 4.08. The number of hydrogen-bond donors (Lipinski definition) is 0. The van der Waals surface area contributed by atoms with E-state index in [1.807, 2.05) is 62.4 Å². The fourth-order valence-electron chi connectivity index (χ4n) is 4.08. The summed E-state index contributed by atoms with van der Waals surface area (Å²) in [6.45, 7) is 18.7. The summed E-state index contributed by atoms with van der Waals surface area (Å²) in [4.78, 5) is 6.27. The highest BCUT2D eigenvalue weighted by Crippen LogP contribution is 2.41. The highest BCUT2D eigenvalue weighted by Gasteiger charge is 2.17. The van der Waals surface area contributed by atoms with Crippen molar-refractivity contribution >= 4 is 22.9 Å². The van der Waals surface area contributed by atoms with Gasteiger partial charge < -0.3 is 18.3 Å². The van der Waals surface area contributed by atoms with Crippen molar-refractivity contribution in [2.45, 2.75) is 13.8 Å². The maximum absolute atomic E-state index is 8.91. The molecule has 4 rings (SSSR count). The van der Waals surface area contributed by atoms with Gasteiger partial charge in [-0.1, -0.05) is 12.2 Å². The van der Waals surface area contributed by atoms with Crippen LogP contribution in [0.5, 0.6) is 11.5 Å². The van der Waals surface area contributed by atoms with Gasteiger partial charge in [0.05, 0.1) is 49.6 Å². The van der Waals surface area contributed by atoms with Crippen LogP contribution in [0.2, 0.25) is 0 Å². The van der Waals surface area contributed by atoms with Gasteiger partial charge in [0.1, 0.15) is 34.5 Å². The molecule has 0 fully saturated rings. The zero-order chi connectivity index (χ0) is 29.9. The maximum atomic E-state index is 8.91. The van der Waals surface area contributed by atoms with Crippen LogP contribution in [-0.4, -0.2) is 13.2 Å². The van der Waals surface area contributed by atoms with E-state index in [1.165, 1.54) is 12.2 Å². The molecule has 0 aliphatic carbocycles. The summed E-state index contributed by atoms with van der Waals surface area (Å²) in [6, 6.07) is 18.8. The molecule has 2 aromatic carbocycles. The molecule has 0 atom stereocenters. The van der Waals surface area contributed by atoms with Gasteiger partial charge in [0, 0.05) is 0 Å². The number of hydrogen-bond acceptors (Lipinski definition) is 6. The van der Waals surface area contributed by atoms with Gasteiger partial charge in [-0.25, -0.2) is 20.2 Å². The van der Waals surface area contributed by atoms with E-state index in [0.29, 0.717) is 47.8 Å². The van der Waals surface area contributed by atoms with Crippen molar-refractivity contribution in [3.63, 3.8) is 0 Å². The lowest BCUT2D eigenvalue weighted by Crippen LogP contribution is -1.96. The zero-order valence-corrected chi connectivity index (χ0v) is 22.9. The van der Waals surface area contributed by atoms with Crippen LogP contribution in [0.15, 0.2) is 93.1 Å². The summed E-state index contributed by atoms with van der Waals surface area (Å²) in [5.74, 6) is 3.61. The molecule has 0 radical (unpaired) electrons. The molecule has 4 aromatic rings. The van der Waals surface area contributed by atoms with Gasteiger partial charge in [0.15, 0.2) is 0 Å². The summed E-state index contributed by atoms with van der Waals surface area (Å²) in [5, 5.41) is 19.6. The Balaban J connectivity index is 1.76. The summed E-state index contributed by atoms with van der Waals surface area (Å²) in [7, 11) is 0. The molecule has 204 valence electrons. The van der Waals surface area contributed by atoms with E-state index < -0.39 is 0 Å². The van der Waals surface area contributed by atoms with E-state index in [2.05, 4.69) is 9.69 Å². The van der Waals surface area contributed by atoms with E-state index in [0.717, 1.165) is 21.9 Å². The third kappa shape index (κ3) is 6.67. The normalized spacial score (nSPS) is 11.8. The molecule has 0 bridgehead atoms. The van der Waals surface area contributed by atoms with Crippen LogP contribution < -0.4 is 9.47 Å². The molecule has 0 amide bonds. The maximum Gasteiger partial charge on any atom is 0.261 e. The van der Waals surface area contributed by atoms with Crippen LogP contribution >= 0.6 is 0 Å². The van der Waals surface area contributed by atoms with E-state index in [9.17, 15) is 0 Å². The molecule has 0 aliphatic rings. The predicted molar refractivity (Wildman–Crippen MR) is 160 cm³/mol. The topological polar surface area (TPSA) is 101 Å². The minimum absolute atomic E-state index is 0.0156. The minimum atomic E-state index is -0.0156. The Morgan fingerprint density at radius 3 is 1.55 bits per heavy atom. The SMILES string of the molecule is [C-]#[N+]/C(C#N)=C\C=C\c1ccc(-c2cc3cc(-c4ccc(/C=C/C=C(\C#N)[N+]#[C-])o4)c(OCC)cc3cc2OCC)o1. The van der Waals surface area contributed by atoms with Gasteiger partial charge in [0.2, 0.25) is 0 Å². The predicted octanol–water partition coefficient (Wildman–Crippen LogP) is 8.84. The summed E-state index contributed by atoms with van der Waals surface area (Å²) in [6.07, 6.45) is 9.42. The van der Waals surface area contributed by atoms with Gasteiger partial charge in [-0.15, -0.1) is 0 Å². The number of furan rings is 2. The van der Waals surface area contributed by atoms with Gasteiger partial charge in [-0.2, -0.15) is 0 Å². The Hall–Kier alpha value is -6.22. The van der Waals surface area contributed by atoms with E-state index in [4.69, 9.17) is 42.0 Å². The molecule has 0 unspecified atom stereocenters. The molecule has 2 aromatic heterocycles. The van der Waals surface area contributed by atoms with Crippen LogP contribution in [-0.2, 0) is 0 Å². The second-order valence-corrected chi connectivity index (χ2v) is 8.58. The zero-order valence-electron chi connectivity index (χ0n) is 22.9. The second kappa shape index (κ2) is 13.7. The van der Waals surface area contributed by atoms with Gasteiger partial charge in [0.25, 0.3) is 11.4 Å². The quantitative estimate of drug-likeness (QED) is 0.111. The first-order valence-electron chi connectivity index (χ1n) is 12.9. The van der Waals surface area contributed by atoms with Crippen LogP contribution in [0.4, 0.5) is 0 Å². The molecule has 2 heterocycles. The number of nitrogens with zero attached hydrogens (tertiary/aromatic N) is 4. The van der Waals surface area contributed by atoms with Crippen LogP contribution in [0, 0.1) is 35.8 Å². The van der Waals surface area contributed by atoms with Crippen LogP contribution in [0.3, 0.4) is 0 Å². The molecule has 8 nitrogen and oxygen atoms in total. The number of nitriles is 2. The van der Waals surface area contributed by atoms with Gasteiger partial charge >= 0.3 is 0 Å². The van der Waals surface area contributed by atoms with Gasteiger partial charge in [-0.3, -0.25) is 0 Å². The molecule has 0 aliphatic heterocycles. The summed E-state index contributed by atoms with van der Waals surface area (Å²) in [5.41, 5.74) is 1.49. The molecule has 8 heteroatoms. The van der Waals surface area contributed by atoms with Crippen molar-refractivity contribution in [2.24, 2.45) is 0 Å². The largest absolute Gasteiger partial charge is 0.493 e. The monoisotopic (exact) mass is 552 g/mol. The van der Waals surface area contributed by atoms with Crippen LogP contribution in [0.25, 0.3) is 55.3 Å². The van der Waals surface area contributed by atoms with Crippen molar-refractivity contribution in [3.05, 3.63) is 119 Å². The lowest BCUT2D eigenvalue weighted by Gasteiger charge is -2.14. The van der Waals surface area contributed by atoms with Gasteiger partial charge in [-0.05, 0) is 97.5 Å². The van der Waals surface area contributed by atoms with Crippen molar-refractivity contribution in [2.75, 3.05) is 13.2 Å². The molecule has 0 spiro atoms. The molecular formula is C34H24N4O4. The Morgan fingerprint density at radius 1 is 0.738 bits per heavy atom. The smallest absolute Gasteiger partial charge is 0.261 e. The van der Waals surface area contributed by atoms with Crippen LogP contribution in [0.1, 0.15) is 25.4 Å². The third-order valence-electron chi connectivity index (χ3n) is 5.92. The summed E-state index contributed by atoms with van der Waals surface area (Å²) < 4.78 is 24.1. The average molecular weight is 553 g/mol. The van der Waals surface area contributed by atoms with Crippen molar-refractivity contribution in [1.82, 2.24) is 0 Å². The first-order chi connectivity index (χ1) is 20.5. The molecular weight excluding hydrogens is 528 g/mol. The number of rotatable bonds is 10. The Bertz CT molecular complexity index is 1740. The number of ether oxygens (including phenoxy) is 2. The number of fused-ring (bicyclic) bond motifs is 1. The summed E-state index contributed by atoms with van der Waals surface area (Å²) >= 11 is 0. The fraction of sp³-hybridized carbons (Fsp3) is 0.118. The molecule has 0 saturated carbocycles. The van der Waals surface area contributed by atoms with E-state index >= 15 is 0 Å². The highest BCUT2D eigenvalue weighted by molar-refractivity contribution is 5.94. The Labute approximate surface area is 243 Å². The number of allylic oxidation sites excluding steroid dienone is 6. The lowest BCUT2D eigenvalue weighted by molar-refractivity contribution is 0.340. The Kier molecular flexibility index (Phi) is 9.40. The number of benzene rings is 2. The lowest BCUT2D eigenvalue weighted by atomic mass is 10.00. The van der Waals surface area contributed by atoms with E-state index in [1.54, 1.807) is 36.4 Å². The third-order valence-corrected chi connectivity index (χ3v) is 5.92. The average Bonchev–Trinajstić information content (AvgIpc) is 3.67.